The maximum absolute atomic E-state index is 9.98. The summed E-state index contributed by atoms with van der Waals surface area (Å²) in [7, 11) is 1.94. The summed E-state index contributed by atoms with van der Waals surface area (Å²) >= 11 is 0. The molecule has 3 atom stereocenters. The van der Waals surface area contributed by atoms with Crippen molar-refractivity contribution in [2.24, 2.45) is 0 Å². The predicted molar refractivity (Wildman–Crippen MR) is 72.8 cm³/mol. The van der Waals surface area contributed by atoms with Gasteiger partial charge in [0.05, 0.1) is 6.10 Å². The molecule has 1 aromatic carbocycles. The number of rotatable bonds is 4. The first-order chi connectivity index (χ1) is 8.72. The van der Waals surface area contributed by atoms with E-state index in [4.69, 9.17) is 4.74 Å². The van der Waals surface area contributed by atoms with Crippen molar-refractivity contribution in [1.82, 2.24) is 5.32 Å². The number of hydrogen-bond acceptors (Lipinski definition) is 3. The van der Waals surface area contributed by atoms with Crippen molar-refractivity contribution in [1.29, 1.82) is 0 Å². The molecule has 2 rings (SSSR count). The Bertz CT molecular complexity index is 381. The first kappa shape index (κ1) is 13.4. The molecule has 0 saturated heterocycles. The lowest BCUT2D eigenvalue weighted by molar-refractivity contribution is 0.00620. The number of nitrogens with one attached hydrogen (secondary N) is 1. The molecule has 0 radical (unpaired) electrons. The van der Waals surface area contributed by atoms with Crippen molar-refractivity contribution < 1.29 is 9.84 Å². The van der Waals surface area contributed by atoms with Crippen molar-refractivity contribution in [2.75, 3.05) is 7.05 Å². The minimum Gasteiger partial charge on any atom is -0.487 e. The maximum atomic E-state index is 9.98. The zero-order valence-corrected chi connectivity index (χ0v) is 11.2. The van der Waals surface area contributed by atoms with E-state index < -0.39 is 0 Å². The summed E-state index contributed by atoms with van der Waals surface area (Å²) in [5.74, 6) is 0.894. The molecule has 1 saturated carbocycles. The second-order valence-electron chi connectivity index (χ2n) is 5.06. The third-order valence-corrected chi connectivity index (χ3v) is 3.76. The number of hydrogen-bond donors (Lipinski definition) is 2. The highest BCUT2D eigenvalue weighted by Gasteiger charge is 2.25. The molecule has 3 nitrogen and oxygen atoms in total. The van der Waals surface area contributed by atoms with Gasteiger partial charge in [0.15, 0.2) is 0 Å². The van der Waals surface area contributed by atoms with Gasteiger partial charge in [-0.2, -0.15) is 0 Å². The van der Waals surface area contributed by atoms with Gasteiger partial charge in [0.25, 0.3) is 0 Å². The third-order valence-electron chi connectivity index (χ3n) is 3.76. The van der Waals surface area contributed by atoms with Crippen LogP contribution in [0.4, 0.5) is 0 Å². The topological polar surface area (TPSA) is 41.5 Å². The zero-order valence-electron chi connectivity index (χ0n) is 11.2. The summed E-state index contributed by atoms with van der Waals surface area (Å²) in [6.45, 7) is 2.11. The van der Waals surface area contributed by atoms with Crippen LogP contribution >= 0.6 is 0 Å². The molecule has 1 aromatic rings. The van der Waals surface area contributed by atoms with Crippen molar-refractivity contribution in [3.05, 3.63) is 29.8 Å². The van der Waals surface area contributed by atoms with Crippen molar-refractivity contribution in [2.45, 2.75) is 50.9 Å². The highest BCUT2D eigenvalue weighted by atomic mass is 16.5. The Labute approximate surface area is 109 Å². The highest BCUT2D eigenvalue weighted by Crippen LogP contribution is 2.29. The number of aliphatic hydroxyl groups excluding tert-OH is 1. The fourth-order valence-corrected chi connectivity index (χ4v) is 2.48. The Morgan fingerprint density at radius 1 is 1.28 bits per heavy atom. The minimum atomic E-state index is -0.323. The molecule has 18 heavy (non-hydrogen) atoms. The van der Waals surface area contributed by atoms with Crippen molar-refractivity contribution >= 4 is 0 Å². The lowest BCUT2D eigenvalue weighted by Gasteiger charge is -2.29. The number of para-hydroxylation sites is 1. The second kappa shape index (κ2) is 6.21. The Morgan fingerprint density at radius 3 is 2.72 bits per heavy atom. The van der Waals surface area contributed by atoms with E-state index in [0.29, 0.717) is 0 Å². The SMILES string of the molecule is CNC(C)c1ccccc1OC1CCCCC1O. The first-order valence-electron chi connectivity index (χ1n) is 6.83. The monoisotopic (exact) mass is 249 g/mol. The van der Waals surface area contributed by atoms with Crippen molar-refractivity contribution in [3.8, 4) is 5.75 Å². The highest BCUT2D eigenvalue weighted by molar-refractivity contribution is 5.35. The van der Waals surface area contributed by atoms with Crippen LogP contribution < -0.4 is 10.1 Å². The van der Waals surface area contributed by atoms with Gasteiger partial charge >= 0.3 is 0 Å². The molecule has 0 amide bonds. The van der Waals surface area contributed by atoms with E-state index in [9.17, 15) is 5.11 Å². The van der Waals surface area contributed by atoms with E-state index in [-0.39, 0.29) is 18.2 Å². The molecule has 100 valence electrons. The van der Waals surface area contributed by atoms with Gasteiger partial charge in [-0.05, 0) is 39.3 Å². The molecule has 0 bridgehead atoms. The summed E-state index contributed by atoms with van der Waals surface area (Å²) in [6.07, 6.45) is 3.68. The van der Waals surface area contributed by atoms with Gasteiger partial charge in [-0.15, -0.1) is 0 Å². The largest absolute Gasteiger partial charge is 0.487 e. The average molecular weight is 249 g/mol. The fourth-order valence-electron chi connectivity index (χ4n) is 2.48. The normalized spacial score (nSPS) is 25.7. The van der Waals surface area contributed by atoms with E-state index >= 15 is 0 Å². The van der Waals surface area contributed by atoms with Crippen LogP contribution in [0, 0.1) is 0 Å². The maximum Gasteiger partial charge on any atom is 0.124 e. The van der Waals surface area contributed by atoms with Gasteiger partial charge in [-0.3, -0.25) is 0 Å². The zero-order chi connectivity index (χ0) is 13.0. The lowest BCUT2D eigenvalue weighted by atomic mass is 9.94. The Morgan fingerprint density at radius 2 is 2.00 bits per heavy atom. The van der Waals surface area contributed by atoms with Crippen LogP contribution in [0.25, 0.3) is 0 Å². The van der Waals surface area contributed by atoms with E-state index in [2.05, 4.69) is 18.3 Å². The molecule has 0 heterocycles. The second-order valence-corrected chi connectivity index (χ2v) is 5.06. The molecule has 0 aliphatic heterocycles. The Balaban J connectivity index is 2.12. The number of aliphatic hydroxyl groups is 1. The molecule has 0 aromatic heterocycles. The van der Waals surface area contributed by atoms with Crippen LogP contribution in [0.5, 0.6) is 5.75 Å². The van der Waals surface area contributed by atoms with Gasteiger partial charge in [0.1, 0.15) is 11.9 Å². The summed E-state index contributed by atoms with van der Waals surface area (Å²) in [4.78, 5) is 0. The predicted octanol–water partition coefficient (Wildman–Crippen LogP) is 2.65. The van der Waals surface area contributed by atoms with Crippen LogP contribution in [0.3, 0.4) is 0 Å². The summed E-state index contributed by atoms with van der Waals surface area (Å²) in [6, 6.07) is 8.32. The molecule has 3 unspecified atom stereocenters. The van der Waals surface area contributed by atoms with E-state index in [1.807, 2.05) is 25.2 Å². The minimum absolute atomic E-state index is 0.0519. The van der Waals surface area contributed by atoms with Crippen LogP contribution in [0.15, 0.2) is 24.3 Å². The summed E-state index contributed by atoms with van der Waals surface area (Å²) in [5.41, 5.74) is 1.15. The van der Waals surface area contributed by atoms with Gasteiger partial charge in [-0.25, -0.2) is 0 Å². The van der Waals surface area contributed by atoms with E-state index in [1.165, 1.54) is 0 Å². The number of ether oxygens (including phenoxy) is 1. The first-order valence-corrected chi connectivity index (χ1v) is 6.83. The van der Waals surface area contributed by atoms with Crippen LogP contribution in [0.1, 0.15) is 44.2 Å². The van der Waals surface area contributed by atoms with Crippen LogP contribution in [0.2, 0.25) is 0 Å². The number of benzene rings is 1. The Hall–Kier alpha value is -1.06. The lowest BCUT2D eigenvalue weighted by Crippen LogP contribution is -2.35. The van der Waals surface area contributed by atoms with Crippen LogP contribution in [-0.2, 0) is 0 Å². The molecule has 1 fully saturated rings. The molecular formula is C15H23NO2. The quantitative estimate of drug-likeness (QED) is 0.862. The smallest absolute Gasteiger partial charge is 0.124 e. The summed E-state index contributed by atoms with van der Waals surface area (Å²) < 4.78 is 6.03. The molecule has 2 N–H and O–H groups in total. The molecule has 1 aliphatic rings. The van der Waals surface area contributed by atoms with Gasteiger partial charge in [-0.1, -0.05) is 24.6 Å². The summed E-state index contributed by atoms with van der Waals surface area (Å²) in [5, 5.41) is 13.2. The standard InChI is InChI=1S/C15H23NO2/c1-11(16-2)12-7-3-5-9-14(12)18-15-10-6-4-8-13(15)17/h3,5,7,9,11,13,15-17H,4,6,8,10H2,1-2H3. The third kappa shape index (κ3) is 3.03. The van der Waals surface area contributed by atoms with Crippen molar-refractivity contribution in [3.63, 3.8) is 0 Å². The van der Waals surface area contributed by atoms with Gasteiger partial charge in [0, 0.05) is 11.6 Å². The average Bonchev–Trinajstić information content (AvgIpc) is 2.41. The van der Waals surface area contributed by atoms with E-state index in [0.717, 1.165) is 37.0 Å². The van der Waals surface area contributed by atoms with Gasteiger partial charge in [0.2, 0.25) is 0 Å². The fraction of sp³-hybridized carbons (Fsp3) is 0.600. The Kier molecular flexibility index (Phi) is 4.61. The van der Waals surface area contributed by atoms with Crippen LogP contribution in [-0.4, -0.2) is 24.4 Å². The molecule has 1 aliphatic carbocycles. The van der Waals surface area contributed by atoms with E-state index in [1.54, 1.807) is 0 Å². The molecule has 0 spiro atoms. The molecular weight excluding hydrogens is 226 g/mol. The molecule has 3 heteroatoms. The van der Waals surface area contributed by atoms with Gasteiger partial charge < -0.3 is 15.2 Å².